The maximum Gasteiger partial charge on any atom is 0.257 e. The zero-order chi connectivity index (χ0) is 28.1. The SMILES string of the molecule is CCC(C)(C)C1CCc2c(sc(NC(=O)c3c(C)c(-c4ccc(Cl)cc4Cl)nc4ccccc34)c2C(N)=O)C1. The number of primary amides is 1. The van der Waals surface area contributed by atoms with E-state index < -0.39 is 5.91 Å². The van der Waals surface area contributed by atoms with E-state index in [1.54, 1.807) is 12.1 Å². The molecule has 5 rings (SSSR count). The second kappa shape index (κ2) is 10.6. The van der Waals surface area contributed by atoms with Gasteiger partial charge in [-0.15, -0.1) is 11.3 Å². The van der Waals surface area contributed by atoms with Crippen LogP contribution in [0.25, 0.3) is 22.2 Å². The Morgan fingerprint density at radius 1 is 1.15 bits per heavy atom. The monoisotopic (exact) mass is 579 g/mol. The van der Waals surface area contributed by atoms with Crippen LogP contribution in [0.5, 0.6) is 0 Å². The number of nitrogens with two attached hydrogens (primary N) is 1. The summed E-state index contributed by atoms with van der Waals surface area (Å²) < 4.78 is 0. The van der Waals surface area contributed by atoms with E-state index in [0.29, 0.717) is 59.8 Å². The van der Waals surface area contributed by atoms with E-state index >= 15 is 0 Å². The summed E-state index contributed by atoms with van der Waals surface area (Å²) >= 11 is 14.1. The van der Waals surface area contributed by atoms with Crippen molar-refractivity contribution in [3.63, 3.8) is 0 Å². The highest BCUT2D eigenvalue weighted by Gasteiger charge is 2.35. The number of fused-ring (bicyclic) bond motifs is 2. The summed E-state index contributed by atoms with van der Waals surface area (Å²) in [6.45, 7) is 8.68. The van der Waals surface area contributed by atoms with Gasteiger partial charge in [0.25, 0.3) is 11.8 Å². The summed E-state index contributed by atoms with van der Waals surface area (Å²) in [6, 6.07) is 12.7. The molecule has 202 valence electrons. The van der Waals surface area contributed by atoms with E-state index in [4.69, 9.17) is 33.9 Å². The second-order valence-corrected chi connectivity index (χ2v) is 12.9. The number of thiophene rings is 1. The minimum absolute atomic E-state index is 0.199. The van der Waals surface area contributed by atoms with Gasteiger partial charge >= 0.3 is 0 Å². The summed E-state index contributed by atoms with van der Waals surface area (Å²) in [5.74, 6) is -0.319. The highest BCUT2D eigenvalue weighted by Crippen LogP contribution is 2.45. The van der Waals surface area contributed by atoms with Gasteiger partial charge in [-0.05, 0) is 72.9 Å². The molecular formula is C31H31Cl2N3O2S. The fourth-order valence-electron chi connectivity index (χ4n) is 5.60. The molecule has 0 bridgehead atoms. The smallest absolute Gasteiger partial charge is 0.257 e. The molecule has 1 aliphatic rings. The quantitative estimate of drug-likeness (QED) is 0.240. The van der Waals surface area contributed by atoms with Crippen LogP contribution in [-0.4, -0.2) is 16.8 Å². The van der Waals surface area contributed by atoms with E-state index in [-0.39, 0.29) is 11.3 Å². The Labute approximate surface area is 242 Å². The van der Waals surface area contributed by atoms with Gasteiger partial charge in [-0.3, -0.25) is 9.59 Å². The fraction of sp³-hybridized carbons (Fsp3) is 0.323. The zero-order valence-corrected chi connectivity index (χ0v) is 24.8. The molecule has 5 nitrogen and oxygen atoms in total. The predicted octanol–water partition coefficient (Wildman–Crippen LogP) is 8.47. The standard InChI is InChI=1S/C31H31Cl2N3O2S/c1-5-31(3,4)17-10-12-21-24(14-17)39-30(26(21)28(34)37)36-29(38)25-16(2)27(19-13-11-18(32)15-22(19)33)35-23-9-7-6-8-20(23)25/h6-9,11,13,15,17H,5,10,12,14H2,1-4H3,(H2,34,37)(H,36,38). The van der Waals surface area contributed by atoms with Crippen molar-refractivity contribution in [2.24, 2.45) is 17.1 Å². The number of amides is 2. The van der Waals surface area contributed by atoms with Crippen molar-refractivity contribution in [1.82, 2.24) is 4.98 Å². The van der Waals surface area contributed by atoms with Gasteiger partial charge < -0.3 is 11.1 Å². The normalized spacial score (nSPS) is 15.3. The number of pyridine rings is 1. The van der Waals surface area contributed by atoms with Gasteiger partial charge in [0, 0.05) is 20.8 Å². The summed E-state index contributed by atoms with van der Waals surface area (Å²) in [6.07, 6.45) is 3.74. The first-order valence-corrected chi connectivity index (χ1v) is 14.7. The maximum atomic E-state index is 14.0. The molecule has 0 saturated carbocycles. The Morgan fingerprint density at radius 3 is 2.59 bits per heavy atom. The van der Waals surface area contributed by atoms with Crippen molar-refractivity contribution in [1.29, 1.82) is 0 Å². The van der Waals surface area contributed by atoms with E-state index in [1.165, 1.54) is 11.3 Å². The molecule has 1 atom stereocenters. The first kappa shape index (κ1) is 27.6. The Kier molecular flexibility index (Phi) is 7.49. The van der Waals surface area contributed by atoms with Gasteiger partial charge in [0.15, 0.2) is 0 Å². The van der Waals surface area contributed by atoms with Crippen LogP contribution in [0.4, 0.5) is 5.00 Å². The fourth-order valence-corrected chi connectivity index (χ4v) is 7.43. The molecule has 0 aliphatic heterocycles. The number of nitrogens with one attached hydrogen (secondary N) is 1. The molecule has 1 unspecified atom stereocenters. The van der Waals surface area contributed by atoms with Crippen molar-refractivity contribution in [2.75, 3.05) is 5.32 Å². The number of halogens is 2. The second-order valence-electron chi connectivity index (χ2n) is 10.9. The molecule has 0 spiro atoms. The number of benzene rings is 2. The number of nitrogens with zero attached hydrogens (tertiary/aromatic N) is 1. The number of carbonyl (C=O) groups is 2. The van der Waals surface area contributed by atoms with Gasteiger partial charge in [0.1, 0.15) is 5.00 Å². The zero-order valence-electron chi connectivity index (χ0n) is 22.5. The Hall–Kier alpha value is -2.93. The molecule has 4 aromatic rings. The lowest BCUT2D eigenvalue weighted by atomic mass is 9.69. The lowest BCUT2D eigenvalue weighted by Gasteiger charge is -2.36. The summed E-state index contributed by atoms with van der Waals surface area (Å²) in [5, 5.41) is 5.26. The first-order valence-electron chi connectivity index (χ1n) is 13.1. The van der Waals surface area contributed by atoms with Crippen LogP contribution in [0.2, 0.25) is 10.0 Å². The van der Waals surface area contributed by atoms with Crippen LogP contribution in [0, 0.1) is 18.3 Å². The molecule has 0 radical (unpaired) electrons. The highest BCUT2D eigenvalue weighted by atomic mass is 35.5. The molecule has 2 heterocycles. The van der Waals surface area contributed by atoms with Crippen LogP contribution in [0.3, 0.4) is 0 Å². The van der Waals surface area contributed by atoms with Crippen LogP contribution in [0.15, 0.2) is 42.5 Å². The van der Waals surface area contributed by atoms with Gasteiger partial charge in [-0.2, -0.15) is 0 Å². The number of rotatable bonds is 6. The lowest BCUT2D eigenvalue weighted by molar-refractivity contribution is 0.0999. The molecule has 8 heteroatoms. The molecule has 0 fully saturated rings. The highest BCUT2D eigenvalue weighted by molar-refractivity contribution is 7.17. The maximum absolute atomic E-state index is 14.0. The molecule has 2 amide bonds. The molecule has 39 heavy (non-hydrogen) atoms. The molecule has 0 saturated heterocycles. The minimum Gasteiger partial charge on any atom is -0.365 e. The Balaban J connectivity index is 1.59. The van der Waals surface area contributed by atoms with Gasteiger partial charge in [-0.25, -0.2) is 4.98 Å². The molecular weight excluding hydrogens is 549 g/mol. The topological polar surface area (TPSA) is 85.1 Å². The molecule has 3 N–H and O–H groups in total. The van der Waals surface area contributed by atoms with Gasteiger partial charge in [-0.1, -0.05) is 68.6 Å². The minimum atomic E-state index is -0.513. The summed E-state index contributed by atoms with van der Waals surface area (Å²) in [4.78, 5) is 32.6. The van der Waals surface area contributed by atoms with Gasteiger partial charge in [0.2, 0.25) is 0 Å². The number of hydrogen-bond donors (Lipinski definition) is 2. The van der Waals surface area contributed by atoms with E-state index in [0.717, 1.165) is 36.1 Å². The van der Waals surface area contributed by atoms with Crippen molar-refractivity contribution in [3.05, 3.63) is 79.6 Å². The van der Waals surface area contributed by atoms with Crippen LogP contribution in [-0.2, 0) is 12.8 Å². The predicted molar refractivity (Wildman–Crippen MR) is 162 cm³/mol. The van der Waals surface area contributed by atoms with Crippen molar-refractivity contribution in [2.45, 2.75) is 53.4 Å². The summed E-state index contributed by atoms with van der Waals surface area (Å²) in [7, 11) is 0. The van der Waals surface area contributed by atoms with E-state index in [9.17, 15) is 9.59 Å². The molecule has 2 aromatic heterocycles. The average Bonchev–Trinajstić information content (AvgIpc) is 3.25. The van der Waals surface area contributed by atoms with E-state index in [2.05, 4.69) is 26.1 Å². The van der Waals surface area contributed by atoms with Crippen LogP contribution >= 0.6 is 34.5 Å². The largest absolute Gasteiger partial charge is 0.365 e. The number of anilines is 1. The van der Waals surface area contributed by atoms with Crippen LogP contribution in [0.1, 0.15) is 70.3 Å². The number of aromatic nitrogens is 1. The van der Waals surface area contributed by atoms with Crippen molar-refractivity contribution >= 4 is 62.3 Å². The molecule has 2 aromatic carbocycles. The first-order chi connectivity index (χ1) is 18.5. The average molecular weight is 581 g/mol. The number of carbonyl (C=O) groups excluding carboxylic acids is 2. The third-order valence-corrected chi connectivity index (χ3v) is 10.0. The van der Waals surface area contributed by atoms with E-state index in [1.807, 2.05) is 37.3 Å². The number of hydrogen-bond acceptors (Lipinski definition) is 4. The Bertz CT molecular complexity index is 1630. The number of para-hydroxylation sites is 1. The Morgan fingerprint density at radius 2 is 1.90 bits per heavy atom. The summed E-state index contributed by atoms with van der Waals surface area (Å²) in [5.41, 5.74) is 10.6. The van der Waals surface area contributed by atoms with Crippen molar-refractivity contribution < 1.29 is 9.59 Å². The third-order valence-electron chi connectivity index (χ3n) is 8.30. The van der Waals surface area contributed by atoms with Gasteiger partial charge in [0.05, 0.1) is 27.4 Å². The third kappa shape index (κ3) is 5.06. The van der Waals surface area contributed by atoms with Crippen LogP contribution < -0.4 is 11.1 Å². The van der Waals surface area contributed by atoms with Crippen molar-refractivity contribution in [3.8, 4) is 11.3 Å². The lowest BCUT2D eigenvalue weighted by Crippen LogP contribution is -2.29. The molecule has 1 aliphatic carbocycles.